The molecule has 0 radical (unpaired) electrons. The second-order valence-electron chi connectivity index (χ2n) is 3.54. The van der Waals surface area contributed by atoms with Crippen molar-refractivity contribution in [3.63, 3.8) is 0 Å². The Morgan fingerprint density at radius 3 is 2.76 bits per heavy atom. The predicted octanol–water partition coefficient (Wildman–Crippen LogP) is 1.07. The molecule has 94 valence electrons. The molecule has 0 saturated heterocycles. The average molecular weight is 256 g/mol. The minimum Gasteiger partial charge on any atom is -0.464 e. The number of thiol groups is 1. The molecule has 0 saturated carbocycles. The normalized spacial score (nSPS) is 14.1. The lowest BCUT2D eigenvalue weighted by Crippen LogP contribution is -2.29. The zero-order valence-corrected chi connectivity index (χ0v) is 10.4. The molecular weight excluding hydrogens is 240 g/mol. The van der Waals surface area contributed by atoms with E-state index in [1.165, 1.54) is 0 Å². The Kier molecular flexibility index (Phi) is 5.47. The van der Waals surface area contributed by atoms with Crippen LogP contribution in [-0.4, -0.2) is 28.9 Å². The fourth-order valence-corrected chi connectivity index (χ4v) is 1.61. The summed E-state index contributed by atoms with van der Waals surface area (Å²) in [4.78, 5) is 11.3. The first-order chi connectivity index (χ1) is 8.10. The molecule has 2 atom stereocenters. The van der Waals surface area contributed by atoms with E-state index in [1.54, 1.807) is 25.1 Å². The standard InChI is InChI=1S/C12H16O4S/c1-2-16-12(15)11(14)10(13)9-5-3-4-8(6-9)7-17/h3-6,10-11,13-14,17H,2,7H2,1H3. The van der Waals surface area contributed by atoms with Crippen LogP contribution in [0.1, 0.15) is 24.2 Å². The van der Waals surface area contributed by atoms with Crippen LogP contribution in [0.25, 0.3) is 0 Å². The Bertz CT molecular complexity index is 381. The fraction of sp³-hybridized carbons (Fsp3) is 0.417. The number of ether oxygens (including phenoxy) is 1. The molecule has 1 aromatic carbocycles. The third kappa shape index (κ3) is 3.73. The average Bonchev–Trinajstić information content (AvgIpc) is 2.37. The Hall–Kier alpha value is -1.04. The minimum absolute atomic E-state index is 0.166. The highest BCUT2D eigenvalue weighted by atomic mass is 32.1. The van der Waals surface area contributed by atoms with Gasteiger partial charge in [-0.25, -0.2) is 4.79 Å². The van der Waals surface area contributed by atoms with Crippen LogP contribution < -0.4 is 0 Å². The van der Waals surface area contributed by atoms with Crippen LogP contribution in [0.4, 0.5) is 0 Å². The van der Waals surface area contributed by atoms with E-state index in [4.69, 9.17) is 0 Å². The molecule has 2 N–H and O–H groups in total. The lowest BCUT2D eigenvalue weighted by Gasteiger charge is -2.17. The van der Waals surface area contributed by atoms with Crippen molar-refractivity contribution in [1.29, 1.82) is 0 Å². The van der Waals surface area contributed by atoms with Crippen LogP contribution in [0.2, 0.25) is 0 Å². The van der Waals surface area contributed by atoms with Crippen LogP contribution >= 0.6 is 12.6 Å². The van der Waals surface area contributed by atoms with E-state index in [0.717, 1.165) is 5.56 Å². The summed E-state index contributed by atoms with van der Waals surface area (Å²) >= 11 is 4.12. The highest BCUT2D eigenvalue weighted by molar-refractivity contribution is 7.79. The number of benzene rings is 1. The first kappa shape index (κ1) is 14.0. The number of carbonyl (C=O) groups excluding carboxylic acids is 1. The highest BCUT2D eigenvalue weighted by Gasteiger charge is 2.26. The summed E-state index contributed by atoms with van der Waals surface area (Å²) in [6, 6.07) is 6.92. The van der Waals surface area contributed by atoms with E-state index < -0.39 is 18.2 Å². The minimum atomic E-state index is -1.56. The fourth-order valence-electron chi connectivity index (χ4n) is 1.41. The molecule has 0 amide bonds. The van der Waals surface area contributed by atoms with E-state index in [2.05, 4.69) is 17.4 Å². The smallest absolute Gasteiger partial charge is 0.338 e. The topological polar surface area (TPSA) is 66.8 Å². The molecule has 1 aromatic rings. The zero-order valence-electron chi connectivity index (χ0n) is 9.54. The van der Waals surface area contributed by atoms with Gasteiger partial charge in [-0.15, -0.1) is 0 Å². The van der Waals surface area contributed by atoms with E-state index in [9.17, 15) is 15.0 Å². The van der Waals surface area contributed by atoms with E-state index >= 15 is 0 Å². The van der Waals surface area contributed by atoms with Crippen LogP contribution in [0.5, 0.6) is 0 Å². The van der Waals surface area contributed by atoms with Crippen molar-refractivity contribution in [3.05, 3.63) is 35.4 Å². The Morgan fingerprint density at radius 1 is 1.47 bits per heavy atom. The summed E-state index contributed by atoms with van der Waals surface area (Å²) in [5.41, 5.74) is 1.37. The quantitative estimate of drug-likeness (QED) is 0.544. The molecule has 0 fully saturated rings. The van der Waals surface area contributed by atoms with Gasteiger partial charge in [0.05, 0.1) is 6.61 Å². The number of rotatable bonds is 5. The third-order valence-electron chi connectivity index (χ3n) is 2.30. The maximum absolute atomic E-state index is 11.3. The van der Waals surface area contributed by atoms with Crippen LogP contribution in [-0.2, 0) is 15.3 Å². The maximum atomic E-state index is 11.3. The Morgan fingerprint density at radius 2 is 2.18 bits per heavy atom. The van der Waals surface area contributed by atoms with Gasteiger partial charge in [0.25, 0.3) is 0 Å². The molecule has 0 aliphatic heterocycles. The van der Waals surface area contributed by atoms with Gasteiger partial charge in [-0.1, -0.05) is 24.3 Å². The second kappa shape index (κ2) is 6.64. The van der Waals surface area contributed by atoms with Crippen molar-refractivity contribution in [3.8, 4) is 0 Å². The molecule has 2 unspecified atom stereocenters. The van der Waals surface area contributed by atoms with Gasteiger partial charge in [0, 0.05) is 5.75 Å². The Labute approximate surface area is 106 Å². The van der Waals surface area contributed by atoms with Gasteiger partial charge in [0.1, 0.15) is 6.10 Å². The molecule has 0 aliphatic rings. The summed E-state index contributed by atoms with van der Waals surface area (Å²) in [5, 5.41) is 19.4. The van der Waals surface area contributed by atoms with Crippen molar-refractivity contribution >= 4 is 18.6 Å². The summed E-state index contributed by atoms with van der Waals surface area (Å²) < 4.78 is 4.64. The molecule has 0 bridgehead atoms. The molecule has 5 heteroatoms. The summed E-state index contributed by atoms with van der Waals surface area (Å²) in [5.74, 6) is -0.299. The zero-order chi connectivity index (χ0) is 12.8. The van der Waals surface area contributed by atoms with E-state index in [-0.39, 0.29) is 6.61 Å². The van der Waals surface area contributed by atoms with Gasteiger partial charge < -0.3 is 14.9 Å². The summed E-state index contributed by atoms with van der Waals surface area (Å²) in [6.45, 7) is 1.80. The lowest BCUT2D eigenvalue weighted by molar-refractivity contribution is -0.159. The van der Waals surface area contributed by atoms with E-state index in [0.29, 0.717) is 11.3 Å². The highest BCUT2D eigenvalue weighted by Crippen LogP contribution is 2.19. The van der Waals surface area contributed by atoms with Gasteiger partial charge in [-0.3, -0.25) is 0 Å². The van der Waals surface area contributed by atoms with Crippen molar-refractivity contribution in [2.45, 2.75) is 24.9 Å². The van der Waals surface area contributed by atoms with Crippen molar-refractivity contribution in [2.24, 2.45) is 0 Å². The summed E-state index contributed by atoms with van der Waals surface area (Å²) in [7, 11) is 0. The van der Waals surface area contributed by atoms with Gasteiger partial charge in [-0.05, 0) is 18.1 Å². The van der Waals surface area contributed by atoms with E-state index in [1.807, 2.05) is 6.07 Å². The monoisotopic (exact) mass is 256 g/mol. The largest absolute Gasteiger partial charge is 0.464 e. The number of hydrogen-bond acceptors (Lipinski definition) is 5. The molecule has 0 aliphatic carbocycles. The van der Waals surface area contributed by atoms with Crippen molar-refractivity contribution in [1.82, 2.24) is 0 Å². The summed E-state index contributed by atoms with van der Waals surface area (Å²) in [6.07, 6.45) is -2.85. The number of carbonyl (C=O) groups is 1. The molecule has 0 aromatic heterocycles. The predicted molar refractivity (Wildman–Crippen MR) is 66.7 cm³/mol. The molecule has 4 nitrogen and oxygen atoms in total. The van der Waals surface area contributed by atoms with Gasteiger partial charge in [0.15, 0.2) is 6.10 Å². The first-order valence-corrected chi connectivity index (χ1v) is 5.95. The van der Waals surface area contributed by atoms with Crippen molar-refractivity contribution in [2.75, 3.05) is 6.61 Å². The maximum Gasteiger partial charge on any atom is 0.338 e. The number of aliphatic hydroxyl groups is 2. The molecule has 17 heavy (non-hydrogen) atoms. The molecular formula is C12H16O4S. The second-order valence-corrected chi connectivity index (χ2v) is 3.86. The van der Waals surface area contributed by atoms with Crippen LogP contribution in [0.3, 0.4) is 0 Å². The molecule has 0 heterocycles. The number of aliphatic hydroxyl groups excluding tert-OH is 2. The lowest BCUT2D eigenvalue weighted by atomic mass is 10.0. The first-order valence-electron chi connectivity index (χ1n) is 5.32. The third-order valence-corrected chi connectivity index (χ3v) is 2.67. The van der Waals surface area contributed by atoms with Gasteiger partial charge in [-0.2, -0.15) is 12.6 Å². The van der Waals surface area contributed by atoms with Crippen molar-refractivity contribution < 1.29 is 19.7 Å². The van der Waals surface area contributed by atoms with Gasteiger partial charge >= 0.3 is 5.97 Å². The molecule has 1 rings (SSSR count). The molecule has 0 spiro atoms. The SMILES string of the molecule is CCOC(=O)C(O)C(O)c1cccc(CS)c1. The Balaban J connectivity index is 2.80. The number of esters is 1. The number of hydrogen-bond donors (Lipinski definition) is 3. The van der Waals surface area contributed by atoms with Crippen LogP contribution in [0.15, 0.2) is 24.3 Å². The van der Waals surface area contributed by atoms with Crippen LogP contribution in [0, 0.1) is 0 Å². The van der Waals surface area contributed by atoms with Gasteiger partial charge in [0.2, 0.25) is 0 Å².